The van der Waals surface area contributed by atoms with E-state index in [1.54, 1.807) is 31.4 Å². The van der Waals surface area contributed by atoms with Crippen molar-refractivity contribution in [2.45, 2.75) is 43.7 Å². The van der Waals surface area contributed by atoms with E-state index in [0.717, 1.165) is 22.4 Å². The molecule has 0 saturated heterocycles. The second kappa shape index (κ2) is 11.1. The summed E-state index contributed by atoms with van der Waals surface area (Å²) in [5, 5.41) is 2.99. The van der Waals surface area contributed by atoms with Crippen molar-refractivity contribution in [3.63, 3.8) is 0 Å². The Balaban J connectivity index is 1.55. The van der Waals surface area contributed by atoms with Crippen LogP contribution in [0.4, 0.5) is 0 Å². The molecular weight excluding hydrogens is 436 g/mol. The molecule has 0 heterocycles. The summed E-state index contributed by atoms with van der Waals surface area (Å²) in [7, 11) is -2.04. The molecule has 3 aromatic carbocycles. The first-order valence-electron chi connectivity index (χ1n) is 10.9. The van der Waals surface area contributed by atoms with Crippen LogP contribution in [0.25, 0.3) is 0 Å². The molecule has 0 saturated carbocycles. The van der Waals surface area contributed by atoms with Gasteiger partial charge in [0.25, 0.3) is 0 Å². The SMILES string of the molecule is COc1ccccc1[C@@H](C)NC(=O)CCc1ccc(S(=O)(=O)N[C@H](C)c2ccccc2)cc1. The zero-order valence-corrected chi connectivity index (χ0v) is 19.9. The highest BCUT2D eigenvalue weighted by Crippen LogP contribution is 2.24. The Labute approximate surface area is 196 Å². The molecule has 7 heteroatoms. The van der Waals surface area contributed by atoms with E-state index in [-0.39, 0.29) is 22.9 Å². The summed E-state index contributed by atoms with van der Waals surface area (Å²) in [4.78, 5) is 12.6. The molecule has 1 amide bonds. The molecule has 2 atom stereocenters. The van der Waals surface area contributed by atoms with Gasteiger partial charge in [0.1, 0.15) is 5.75 Å². The van der Waals surface area contributed by atoms with Gasteiger partial charge >= 0.3 is 0 Å². The molecule has 0 unspecified atom stereocenters. The van der Waals surface area contributed by atoms with E-state index in [9.17, 15) is 13.2 Å². The maximum Gasteiger partial charge on any atom is 0.241 e. The first kappa shape index (κ1) is 24.5. The van der Waals surface area contributed by atoms with Crippen LogP contribution in [-0.2, 0) is 21.2 Å². The lowest BCUT2D eigenvalue weighted by atomic mass is 10.1. The van der Waals surface area contributed by atoms with Gasteiger partial charge in [-0.3, -0.25) is 4.79 Å². The molecule has 0 spiro atoms. The fourth-order valence-corrected chi connectivity index (χ4v) is 4.85. The smallest absolute Gasteiger partial charge is 0.241 e. The summed E-state index contributed by atoms with van der Waals surface area (Å²) in [6.45, 7) is 3.73. The molecular formula is C26H30N2O4S. The molecule has 0 aliphatic heterocycles. The fourth-order valence-electron chi connectivity index (χ4n) is 3.62. The predicted molar refractivity (Wildman–Crippen MR) is 129 cm³/mol. The average molecular weight is 467 g/mol. The van der Waals surface area contributed by atoms with E-state index in [1.807, 2.05) is 68.4 Å². The van der Waals surface area contributed by atoms with Gasteiger partial charge in [-0.1, -0.05) is 60.7 Å². The Kier molecular flexibility index (Phi) is 8.25. The van der Waals surface area contributed by atoms with Crippen molar-refractivity contribution in [3.8, 4) is 5.75 Å². The second-order valence-corrected chi connectivity index (χ2v) is 9.64. The topological polar surface area (TPSA) is 84.5 Å². The highest BCUT2D eigenvalue weighted by molar-refractivity contribution is 7.89. The number of benzene rings is 3. The summed E-state index contributed by atoms with van der Waals surface area (Å²) in [5.41, 5.74) is 2.70. The summed E-state index contributed by atoms with van der Waals surface area (Å²) in [6, 6.07) is 23.1. The van der Waals surface area contributed by atoms with E-state index in [1.165, 1.54) is 0 Å². The largest absolute Gasteiger partial charge is 0.496 e. The molecule has 0 fully saturated rings. The van der Waals surface area contributed by atoms with Crippen molar-refractivity contribution in [1.82, 2.24) is 10.0 Å². The Bertz CT molecular complexity index is 1160. The van der Waals surface area contributed by atoms with Crippen molar-refractivity contribution < 1.29 is 17.9 Å². The van der Waals surface area contributed by atoms with Crippen LogP contribution < -0.4 is 14.8 Å². The Morgan fingerprint density at radius 3 is 2.18 bits per heavy atom. The van der Waals surface area contributed by atoms with Crippen molar-refractivity contribution in [1.29, 1.82) is 0 Å². The van der Waals surface area contributed by atoms with Crippen LogP contribution >= 0.6 is 0 Å². The summed E-state index contributed by atoms with van der Waals surface area (Å²) in [6.07, 6.45) is 0.813. The number of sulfonamides is 1. The van der Waals surface area contributed by atoms with Crippen LogP contribution in [0, 0.1) is 0 Å². The quantitative estimate of drug-likeness (QED) is 0.459. The Morgan fingerprint density at radius 1 is 0.879 bits per heavy atom. The maximum atomic E-state index is 12.7. The molecule has 0 aromatic heterocycles. The number of carbonyl (C=O) groups excluding carboxylic acids is 1. The van der Waals surface area contributed by atoms with Crippen molar-refractivity contribution in [2.24, 2.45) is 0 Å². The molecule has 0 bridgehead atoms. The number of para-hydroxylation sites is 1. The lowest BCUT2D eigenvalue weighted by Gasteiger charge is -2.17. The van der Waals surface area contributed by atoms with Gasteiger partial charge < -0.3 is 10.1 Å². The number of amides is 1. The molecule has 3 rings (SSSR count). The Morgan fingerprint density at radius 2 is 1.52 bits per heavy atom. The standard InChI is InChI=1S/C26H30N2O4S/c1-19(22-9-5-4-6-10-22)28-33(30,31)23-16-13-21(14-17-23)15-18-26(29)27-20(2)24-11-7-8-12-25(24)32-3/h4-14,16-17,19-20,28H,15,18H2,1-3H3,(H,27,29)/t19-,20-/m1/s1. The van der Waals surface area contributed by atoms with Crippen LogP contribution in [0.2, 0.25) is 0 Å². The highest BCUT2D eigenvalue weighted by Gasteiger charge is 2.18. The third-order valence-corrected chi connectivity index (χ3v) is 7.05. The molecule has 0 radical (unpaired) electrons. The maximum absolute atomic E-state index is 12.7. The molecule has 174 valence electrons. The molecule has 6 nitrogen and oxygen atoms in total. The van der Waals surface area contributed by atoms with Crippen LogP contribution in [-0.4, -0.2) is 21.4 Å². The van der Waals surface area contributed by atoms with E-state index >= 15 is 0 Å². The number of hydrogen-bond acceptors (Lipinski definition) is 4. The number of hydrogen-bond donors (Lipinski definition) is 2. The number of aryl methyl sites for hydroxylation is 1. The van der Waals surface area contributed by atoms with E-state index in [4.69, 9.17) is 4.74 Å². The minimum Gasteiger partial charge on any atom is -0.496 e. The van der Waals surface area contributed by atoms with Crippen molar-refractivity contribution in [3.05, 3.63) is 95.6 Å². The number of nitrogens with one attached hydrogen (secondary N) is 2. The number of methoxy groups -OCH3 is 1. The van der Waals surface area contributed by atoms with Crippen LogP contribution in [0.1, 0.15) is 49.0 Å². The van der Waals surface area contributed by atoms with E-state index in [0.29, 0.717) is 12.8 Å². The normalized spacial score (nSPS) is 13.2. The zero-order valence-electron chi connectivity index (χ0n) is 19.1. The number of ether oxygens (including phenoxy) is 1. The molecule has 0 aliphatic carbocycles. The van der Waals surface area contributed by atoms with Gasteiger partial charge in [-0.2, -0.15) is 0 Å². The summed E-state index contributed by atoms with van der Waals surface area (Å²) in [5.74, 6) is 0.653. The fraction of sp³-hybridized carbons (Fsp3) is 0.269. The van der Waals surface area contributed by atoms with Crippen LogP contribution in [0.15, 0.2) is 83.8 Å². The lowest BCUT2D eigenvalue weighted by Crippen LogP contribution is -2.27. The third-order valence-electron chi connectivity index (χ3n) is 5.49. The molecule has 2 N–H and O–H groups in total. The molecule has 33 heavy (non-hydrogen) atoms. The lowest BCUT2D eigenvalue weighted by molar-refractivity contribution is -0.121. The Hall–Kier alpha value is -3.16. The molecule has 3 aromatic rings. The number of carbonyl (C=O) groups is 1. The second-order valence-electron chi connectivity index (χ2n) is 7.93. The van der Waals surface area contributed by atoms with Crippen molar-refractivity contribution in [2.75, 3.05) is 7.11 Å². The van der Waals surface area contributed by atoms with Gasteiger partial charge in [-0.05, 0) is 49.6 Å². The summed E-state index contributed by atoms with van der Waals surface area (Å²) >= 11 is 0. The zero-order chi connectivity index (χ0) is 23.8. The monoisotopic (exact) mass is 466 g/mol. The van der Waals surface area contributed by atoms with Crippen LogP contribution in [0.3, 0.4) is 0 Å². The van der Waals surface area contributed by atoms with E-state index in [2.05, 4.69) is 10.0 Å². The summed E-state index contributed by atoms with van der Waals surface area (Å²) < 4.78 is 33.5. The average Bonchev–Trinajstić information content (AvgIpc) is 2.83. The van der Waals surface area contributed by atoms with Gasteiger partial charge in [0, 0.05) is 18.0 Å². The van der Waals surface area contributed by atoms with Gasteiger partial charge in [0.15, 0.2) is 0 Å². The minimum absolute atomic E-state index is 0.0801. The van der Waals surface area contributed by atoms with Gasteiger partial charge in [-0.25, -0.2) is 13.1 Å². The van der Waals surface area contributed by atoms with Gasteiger partial charge in [0.2, 0.25) is 15.9 Å². The number of rotatable bonds is 10. The molecule has 0 aliphatic rings. The predicted octanol–water partition coefficient (Wildman–Crippen LogP) is 4.54. The van der Waals surface area contributed by atoms with E-state index < -0.39 is 10.0 Å². The van der Waals surface area contributed by atoms with Crippen molar-refractivity contribution >= 4 is 15.9 Å². The third kappa shape index (κ3) is 6.66. The minimum atomic E-state index is -3.65. The van der Waals surface area contributed by atoms with Gasteiger partial charge in [0.05, 0.1) is 18.0 Å². The van der Waals surface area contributed by atoms with Gasteiger partial charge in [-0.15, -0.1) is 0 Å². The highest BCUT2D eigenvalue weighted by atomic mass is 32.2. The first-order valence-corrected chi connectivity index (χ1v) is 12.4. The first-order chi connectivity index (χ1) is 15.8. The van der Waals surface area contributed by atoms with Crippen LogP contribution in [0.5, 0.6) is 5.75 Å².